The molecule has 0 saturated heterocycles. The number of hydrogen-bond acceptors (Lipinski definition) is 3. The summed E-state index contributed by atoms with van der Waals surface area (Å²) in [5.74, 6) is 0.525. The first kappa shape index (κ1) is 14.5. The molecule has 0 spiro atoms. The van der Waals surface area contributed by atoms with Gasteiger partial charge in [0.15, 0.2) is 5.76 Å². The van der Waals surface area contributed by atoms with E-state index < -0.39 is 0 Å². The van der Waals surface area contributed by atoms with Gasteiger partial charge in [0.25, 0.3) is 0 Å². The van der Waals surface area contributed by atoms with Crippen molar-refractivity contribution in [1.29, 1.82) is 0 Å². The van der Waals surface area contributed by atoms with Crippen molar-refractivity contribution in [1.82, 2.24) is 5.16 Å². The van der Waals surface area contributed by atoms with Crippen LogP contribution < -0.4 is 5.32 Å². The lowest BCUT2D eigenvalue weighted by atomic mass is 10.1. The molecular formula is C17H13BrN2O2. The molecule has 1 heterocycles. The van der Waals surface area contributed by atoms with Gasteiger partial charge in [-0.1, -0.05) is 57.5 Å². The molecular weight excluding hydrogens is 344 g/mol. The molecule has 110 valence electrons. The van der Waals surface area contributed by atoms with Crippen LogP contribution in [0.3, 0.4) is 0 Å². The van der Waals surface area contributed by atoms with Crippen molar-refractivity contribution in [2.45, 2.75) is 6.42 Å². The molecule has 1 N–H and O–H groups in total. The van der Waals surface area contributed by atoms with Crippen molar-refractivity contribution < 1.29 is 9.32 Å². The van der Waals surface area contributed by atoms with Gasteiger partial charge in [0.2, 0.25) is 5.91 Å². The lowest BCUT2D eigenvalue weighted by Gasteiger charge is -2.03. The minimum atomic E-state index is -0.133. The highest BCUT2D eigenvalue weighted by Gasteiger charge is 2.10. The number of carbonyl (C=O) groups excluding carboxylic acids is 1. The second-order valence-corrected chi connectivity index (χ2v) is 5.70. The highest BCUT2D eigenvalue weighted by molar-refractivity contribution is 9.10. The number of nitrogens with one attached hydrogen (secondary N) is 1. The molecule has 2 aromatic carbocycles. The van der Waals surface area contributed by atoms with E-state index in [0.717, 1.165) is 15.7 Å². The van der Waals surface area contributed by atoms with Gasteiger partial charge in [-0.25, -0.2) is 0 Å². The summed E-state index contributed by atoms with van der Waals surface area (Å²) >= 11 is 3.37. The topological polar surface area (TPSA) is 55.1 Å². The number of aromatic nitrogens is 1. The maximum absolute atomic E-state index is 12.0. The fourth-order valence-corrected chi connectivity index (χ4v) is 2.47. The fourth-order valence-electron chi connectivity index (χ4n) is 2.07. The number of carbonyl (C=O) groups is 1. The Morgan fingerprint density at radius 2 is 1.91 bits per heavy atom. The van der Waals surface area contributed by atoms with Gasteiger partial charge < -0.3 is 9.84 Å². The second kappa shape index (κ2) is 6.58. The lowest BCUT2D eigenvalue weighted by Crippen LogP contribution is -2.14. The molecule has 0 aliphatic heterocycles. The molecule has 0 radical (unpaired) electrons. The van der Waals surface area contributed by atoms with E-state index in [9.17, 15) is 4.79 Å². The Bertz CT molecular complexity index is 784. The molecule has 3 aromatic rings. The molecule has 0 fully saturated rings. The highest BCUT2D eigenvalue weighted by atomic mass is 79.9. The van der Waals surface area contributed by atoms with Crippen molar-refractivity contribution in [2.24, 2.45) is 0 Å². The van der Waals surface area contributed by atoms with Crippen molar-refractivity contribution in [3.63, 3.8) is 0 Å². The van der Waals surface area contributed by atoms with Crippen LogP contribution in [0.5, 0.6) is 0 Å². The number of anilines is 1. The third kappa shape index (κ3) is 3.62. The zero-order valence-corrected chi connectivity index (χ0v) is 13.2. The average Bonchev–Trinajstić information content (AvgIpc) is 2.96. The first-order valence-electron chi connectivity index (χ1n) is 6.77. The van der Waals surface area contributed by atoms with Crippen LogP contribution in [0.4, 0.5) is 5.69 Å². The minimum Gasteiger partial charge on any atom is -0.356 e. The van der Waals surface area contributed by atoms with Crippen LogP contribution >= 0.6 is 15.9 Å². The summed E-state index contributed by atoms with van der Waals surface area (Å²) in [5, 5.41) is 6.78. The number of hydrogen-bond donors (Lipinski definition) is 1. The quantitative estimate of drug-likeness (QED) is 0.758. The second-order valence-electron chi connectivity index (χ2n) is 4.78. The van der Waals surface area contributed by atoms with E-state index in [2.05, 4.69) is 26.4 Å². The van der Waals surface area contributed by atoms with Gasteiger partial charge in [0.05, 0.1) is 12.1 Å². The third-order valence-electron chi connectivity index (χ3n) is 3.07. The Morgan fingerprint density at radius 1 is 1.09 bits per heavy atom. The van der Waals surface area contributed by atoms with Crippen molar-refractivity contribution in [3.8, 4) is 11.3 Å². The standard InChI is InChI=1S/C17H13BrN2O2/c18-13-7-4-8-14(9-13)19-17(21)11-15-10-16(22-20-15)12-5-2-1-3-6-12/h1-10H,11H2,(H,19,21). The van der Waals surface area contributed by atoms with Crippen LogP contribution in [-0.4, -0.2) is 11.1 Å². The predicted molar refractivity (Wildman–Crippen MR) is 88.4 cm³/mol. The molecule has 0 bridgehead atoms. The van der Waals surface area contributed by atoms with Crippen LogP contribution in [0, 0.1) is 0 Å². The van der Waals surface area contributed by atoms with E-state index in [0.29, 0.717) is 11.5 Å². The third-order valence-corrected chi connectivity index (χ3v) is 3.56. The van der Waals surface area contributed by atoms with E-state index in [1.54, 1.807) is 6.07 Å². The smallest absolute Gasteiger partial charge is 0.230 e. The minimum absolute atomic E-state index is 0.133. The van der Waals surface area contributed by atoms with E-state index in [-0.39, 0.29) is 12.3 Å². The molecule has 0 aliphatic rings. The Kier molecular flexibility index (Phi) is 4.34. The summed E-state index contributed by atoms with van der Waals surface area (Å²) in [6, 6.07) is 18.9. The molecule has 0 saturated carbocycles. The summed E-state index contributed by atoms with van der Waals surface area (Å²) < 4.78 is 6.20. The molecule has 0 aliphatic carbocycles. The molecule has 0 unspecified atom stereocenters. The molecule has 22 heavy (non-hydrogen) atoms. The normalized spacial score (nSPS) is 10.4. The maximum atomic E-state index is 12.0. The first-order chi connectivity index (χ1) is 10.7. The van der Waals surface area contributed by atoms with Gasteiger partial charge in [-0.2, -0.15) is 0 Å². The molecule has 5 heteroatoms. The van der Waals surface area contributed by atoms with Crippen LogP contribution in [0.25, 0.3) is 11.3 Å². The van der Waals surface area contributed by atoms with Gasteiger partial charge in [-0.3, -0.25) is 4.79 Å². The zero-order valence-electron chi connectivity index (χ0n) is 11.6. The average molecular weight is 357 g/mol. The summed E-state index contributed by atoms with van der Waals surface area (Å²) in [7, 11) is 0. The monoisotopic (exact) mass is 356 g/mol. The first-order valence-corrected chi connectivity index (χ1v) is 7.56. The molecule has 3 rings (SSSR count). The zero-order chi connectivity index (χ0) is 15.4. The van der Waals surface area contributed by atoms with Crippen LogP contribution in [0.2, 0.25) is 0 Å². The Balaban J connectivity index is 1.66. The van der Waals surface area contributed by atoms with Crippen molar-refractivity contribution >= 4 is 27.5 Å². The Labute approximate surface area is 136 Å². The highest BCUT2D eigenvalue weighted by Crippen LogP contribution is 2.20. The molecule has 0 atom stereocenters. The van der Waals surface area contributed by atoms with E-state index in [4.69, 9.17) is 4.52 Å². The van der Waals surface area contributed by atoms with E-state index >= 15 is 0 Å². The molecule has 1 amide bonds. The number of benzene rings is 2. The van der Waals surface area contributed by atoms with Gasteiger partial charge in [-0.05, 0) is 18.2 Å². The number of amides is 1. The van der Waals surface area contributed by atoms with E-state index in [1.807, 2.05) is 54.6 Å². The summed E-state index contributed by atoms with van der Waals surface area (Å²) in [4.78, 5) is 12.0. The van der Waals surface area contributed by atoms with Gasteiger partial charge in [0.1, 0.15) is 0 Å². The summed E-state index contributed by atoms with van der Waals surface area (Å²) in [6.07, 6.45) is 0.169. The fraction of sp³-hybridized carbons (Fsp3) is 0.0588. The SMILES string of the molecule is O=C(Cc1cc(-c2ccccc2)on1)Nc1cccc(Br)c1. The summed E-state index contributed by atoms with van der Waals surface area (Å²) in [6.45, 7) is 0. The summed E-state index contributed by atoms with van der Waals surface area (Å²) in [5.41, 5.74) is 2.28. The van der Waals surface area contributed by atoms with Crippen molar-refractivity contribution in [2.75, 3.05) is 5.32 Å². The Morgan fingerprint density at radius 3 is 2.68 bits per heavy atom. The maximum Gasteiger partial charge on any atom is 0.230 e. The van der Waals surface area contributed by atoms with Crippen LogP contribution in [-0.2, 0) is 11.2 Å². The van der Waals surface area contributed by atoms with Crippen molar-refractivity contribution in [3.05, 3.63) is 70.8 Å². The Hall–Kier alpha value is -2.40. The molecule has 1 aromatic heterocycles. The van der Waals surface area contributed by atoms with Gasteiger partial charge >= 0.3 is 0 Å². The van der Waals surface area contributed by atoms with Gasteiger partial charge in [-0.15, -0.1) is 0 Å². The van der Waals surface area contributed by atoms with Crippen LogP contribution in [0.15, 0.2) is 69.7 Å². The van der Waals surface area contributed by atoms with Gasteiger partial charge in [0, 0.05) is 21.8 Å². The van der Waals surface area contributed by atoms with Crippen LogP contribution in [0.1, 0.15) is 5.69 Å². The molecule has 4 nitrogen and oxygen atoms in total. The predicted octanol–water partition coefficient (Wildman–Crippen LogP) is 4.29. The number of rotatable bonds is 4. The largest absolute Gasteiger partial charge is 0.356 e. The lowest BCUT2D eigenvalue weighted by molar-refractivity contribution is -0.115. The number of nitrogens with zero attached hydrogens (tertiary/aromatic N) is 1. The number of halogens is 1. The van der Waals surface area contributed by atoms with E-state index in [1.165, 1.54) is 0 Å².